The fraction of sp³-hybridized carbons (Fsp3) is 0.407. The molecule has 0 aliphatic carbocycles. The predicted octanol–water partition coefficient (Wildman–Crippen LogP) is 2.80. The molecule has 2 unspecified atom stereocenters. The van der Waals surface area contributed by atoms with E-state index in [0.717, 1.165) is 16.7 Å². The van der Waals surface area contributed by atoms with Gasteiger partial charge in [-0.1, -0.05) is 24.3 Å². The summed E-state index contributed by atoms with van der Waals surface area (Å²) in [7, 11) is 1.91. The van der Waals surface area contributed by atoms with Gasteiger partial charge in [0.25, 0.3) is 5.91 Å². The minimum atomic E-state index is -0.604. The number of hydrogen-bond acceptors (Lipinski definition) is 8. The fourth-order valence-electron chi connectivity index (χ4n) is 5.17. The normalized spacial score (nSPS) is 19.4. The van der Waals surface area contributed by atoms with E-state index in [4.69, 9.17) is 15.6 Å². The molecule has 200 valence electrons. The molecular weight excluding hydrogens is 504 g/mol. The summed E-state index contributed by atoms with van der Waals surface area (Å²) in [5.74, 6) is -0.539. The molecule has 4 heterocycles. The van der Waals surface area contributed by atoms with Crippen molar-refractivity contribution in [2.45, 2.75) is 38.9 Å². The Bertz CT molecular complexity index is 1330. The molecule has 5 rings (SSSR count). The highest BCUT2D eigenvalue weighted by Gasteiger charge is 2.52. The Hall–Kier alpha value is -3.54. The van der Waals surface area contributed by atoms with Crippen LogP contribution in [0.4, 0.5) is 10.6 Å². The van der Waals surface area contributed by atoms with Crippen molar-refractivity contribution in [2.24, 2.45) is 5.73 Å². The van der Waals surface area contributed by atoms with Crippen molar-refractivity contribution in [3.05, 3.63) is 69.0 Å². The fourth-order valence-corrected chi connectivity index (χ4v) is 5.80. The summed E-state index contributed by atoms with van der Waals surface area (Å²) >= 11 is 1.44. The molecule has 2 aliphatic heterocycles. The van der Waals surface area contributed by atoms with E-state index in [9.17, 15) is 14.4 Å². The maximum atomic E-state index is 13.5. The van der Waals surface area contributed by atoms with E-state index < -0.39 is 5.92 Å². The van der Waals surface area contributed by atoms with Crippen molar-refractivity contribution in [3.63, 3.8) is 0 Å². The number of ether oxygens (including phenoxy) is 1. The van der Waals surface area contributed by atoms with Gasteiger partial charge in [-0.25, -0.2) is 4.79 Å². The molecule has 0 bridgehead atoms. The van der Waals surface area contributed by atoms with Crippen molar-refractivity contribution in [1.82, 2.24) is 19.6 Å². The topological polar surface area (TPSA) is 114 Å². The van der Waals surface area contributed by atoms with Gasteiger partial charge in [-0.05, 0) is 36.4 Å². The molecule has 0 radical (unpaired) electrons. The number of thiophene rings is 1. The summed E-state index contributed by atoms with van der Waals surface area (Å²) in [6, 6.07) is 9.10. The van der Waals surface area contributed by atoms with Crippen molar-refractivity contribution in [1.29, 1.82) is 0 Å². The first-order chi connectivity index (χ1) is 18.3. The van der Waals surface area contributed by atoms with E-state index in [0.29, 0.717) is 56.5 Å². The van der Waals surface area contributed by atoms with Crippen LogP contribution in [0.5, 0.6) is 0 Å². The van der Waals surface area contributed by atoms with Gasteiger partial charge in [0, 0.05) is 44.2 Å². The van der Waals surface area contributed by atoms with Crippen LogP contribution in [-0.2, 0) is 22.6 Å². The molecule has 0 spiro atoms. The highest BCUT2D eigenvalue weighted by Crippen LogP contribution is 2.40. The SMILES string of the molecule is Cc1c(C2C(=O)N(C(=O)N3CCOCC3)C2C)nn(C(=O)c2ccsc2)c1N(C)Cc1ccc(CN)cc1. The van der Waals surface area contributed by atoms with E-state index in [1.807, 2.05) is 55.4 Å². The van der Waals surface area contributed by atoms with E-state index in [1.165, 1.54) is 20.9 Å². The standard InChI is InChI=1S/C27H32N6O4S/c1-17-23(22-18(2)32(26(22)35)27(36)31-9-11-37-12-10-31)29-33(25(34)21-8-13-38-16-21)24(17)30(3)15-20-6-4-19(14-28)5-7-20/h4-8,13,16,18,22H,9-12,14-15,28H2,1-3H3. The van der Waals surface area contributed by atoms with E-state index in [1.54, 1.807) is 16.3 Å². The summed E-state index contributed by atoms with van der Waals surface area (Å²) in [4.78, 5) is 44.8. The van der Waals surface area contributed by atoms with Crippen molar-refractivity contribution < 1.29 is 19.1 Å². The number of nitrogens with two attached hydrogens (primary N) is 1. The summed E-state index contributed by atoms with van der Waals surface area (Å²) in [6.45, 7) is 6.59. The van der Waals surface area contributed by atoms with Gasteiger partial charge in [0.2, 0.25) is 5.91 Å². The Morgan fingerprint density at radius 3 is 2.45 bits per heavy atom. The van der Waals surface area contributed by atoms with Crippen LogP contribution >= 0.6 is 11.3 Å². The third kappa shape index (κ3) is 4.61. The van der Waals surface area contributed by atoms with Crippen molar-refractivity contribution >= 4 is 35.0 Å². The number of likely N-dealkylation sites (tertiary alicyclic amines) is 1. The Morgan fingerprint density at radius 1 is 1.16 bits per heavy atom. The summed E-state index contributed by atoms with van der Waals surface area (Å²) < 4.78 is 6.73. The lowest BCUT2D eigenvalue weighted by molar-refractivity contribution is -0.144. The summed E-state index contributed by atoms with van der Waals surface area (Å²) in [5, 5.41) is 8.34. The van der Waals surface area contributed by atoms with Gasteiger partial charge in [0.1, 0.15) is 11.7 Å². The minimum absolute atomic E-state index is 0.262. The molecule has 11 heteroatoms. The van der Waals surface area contributed by atoms with Crippen molar-refractivity contribution in [2.75, 3.05) is 38.3 Å². The minimum Gasteiger partial charge on any atom is -0.378 e. The molecule has 2 fully saturated rings. The first-order valence-electron chi connectivity index (χ1n) is 12.7. The Balaban J connectivity index is 1.46. The number of rotatable bonds is 6. The van der Waals surface area contributed by atoms with E-state index in [-0.39, 0.29) is 23.9 Å². The van der Waals surface area contributed by atoms with Crippen molar-refractivity contribution in [3.8, 4) is 0 Å². The zero-order valence-corrected chi connectivity index (χ0v) is 22.6. The molecule has 2 N–H and O–H groups in total. The lowest BCUT2D eigenvalue weighted by Crippen LogP contribution is -2.64. The highest BCUT2D eigenvalue weighted by molar-refractivity contribution is 7.08. The average Bonchev–Trinajstić information content (AvgIpc) is 3.58. The number of imide groups is 1. The maximum absolute atomic E-state index is 13.5. The molecular formula is C27H32N6O4S. The number of aromatic nitrogens is 2. The molecule has 10 nitrogen and oxygen atoms in total. The smallest absolute Gasteiger partial charge is 0.327 e. The lowest BCUT2D eigenvalue weighted by atomic mass is 9.84. The zero-order valence-electron chi connectivity index (χ0n) is 21.8. The molecule has 38 heavy (non-hydrogen) atoms. The summed E-state index contributed by atoms with van der Waals surface area (Å²) in [6.07, 6.45) is 0. The second-order valence-electron chi connectivity index (χ2n) is 9.75. The zero-order chi connectivity index (χ0) is 27.0. The first-order valence-corrected chi connectivity index (χ1v) is 13.6. The van der Waals surface area contributed by atoms with Gasteiger partial charge < -0.3 is 20.3 Å². The molecule has 2 atom stereocenters. The number of carbonyl (C=O) groups excluding carboxylic acids is 3. The molecule has 3 amide bonds. The largest absolute Gasteiger partial charge is 0.378 e. The quantitative estimate of drug-likeness (QED) is 0.482. The van der Waals surface area contributed by atoms with Gasteiger partial charge in [-0.15, -0.1) is 0 Å². The van der Waals surface area contributed by atoms with Gasteiger partial charge in [-0.3, -0.25) is 14.5 Å². The van der Waals surface area contributed by atoms with Crippen LogP contribution in [0.2, 0.25) is 0 Å². The second-order valence-corrected chi connectivity index (χ2v) is 10.5. The molecule has 0 saturated carbocycles. The van der Waals surface area contributed by atoms with Crippen LogP contribution in [0.1, 0.15) is 45.6 Å². The molecule has 2 saturated heterocycles. The van der Waals surface area contributed by atoms with Crippen LogP contribution in [-0.4, -0.2) is 76.8 Å². The van der Waals surface area contributed by atoms with Gasteiger partial charge in [0.05, 0.1) is 30.5 Å². The van der Waals surface area contributed by atoms with Crippen LogP contribution in [0.15, 0.2) is 41.1 Å². The molecule has 1 aromatic carbocycles. The number of morpholine rings is 1. The number of urea groups is 1. The Morgan fingerprint density at radius 2 is 1.84 bits per heavy atom. The number of nitrogens with zero attached hydrogens (tertiary/aromatic N) is 5. The number of anilines is 1. The Kier molecular flexibility index (Phi) is 7.33. The Labute approximate surface area is 225 Å². The average molecular weight is 537 g/mol. The van der Waals surface area contributed by atoms with E-state index >= 15 is 0 Å². The number of amides is 3. The molecule has 2 aliphatic rings. The molecule has 3 aromatic rings. The number of hydrogen-bond donors (Lipinski definition) is 1. The monoisotopic (exact) mass is 536 g/mol. The summed E-state index contributed by atoms with van der Waals surface area (Å²) in [5.41, 5.74) is 9.64. The third-order valence-electron chi connectivity index (χ3n) is 7.30. The van der Waals surface area contributed by atoms with Gasteiger partial charge >= 0.3 is 6.03 Å². The maximum Gasteiger partial charge on any atom is 0.327 e. The highest BCUT2D eigenvalue weighted by atomic mass is 32.1. The third-order valence-corrected chi connectivity index (χ3v) is 7.99. The number of β-lactam (4-membered cyclic amide) rings is 1. The van der Waals surface area contributed by atoms with Crippen LogP contribution in [0, 0.1) is 6.92 Å². The van der Waals surface area contributed by atoms with Gasteiger partial charge in [0.15, 0.2) is 0 Å². The molecule has 2 aromatic heterocycles. The van der Waals surface area contributed by atoms with Crippen LogP contribution in [0.3, 0.4) is 0 Å². The van der Waals surface area contributed by atoms with Crippen LogP contribution < -0.4 is 10.6 Å². The van der Waals surface area contributed by atoms with Crippen LogP contribution in [0.25, 0.3) is 0 Å². The lowest BCUT2D eigenvalue weighted by Gasteiger charge is -2.45. The second kappa shape index (κ2) is 10.7. The predicted molar refractivity (Wildman–Crippen MR) is 144 cm³/mol. The van der Waals surface area contributed by atoms with Gasteiger partial charge in [-0.2, -0.15) is 21.1 Å². The van der Waals surface area contributed by atoms with E-state index in [2.05, 4.69) is 0 Å². The number of carbonyl (C=O) groups is 3. The first kappa shape index (κ1) is 26.1. The number of benzene rings is 1.